The van der Waals surface area contributed by atoms with Gasteiger partial charge in [-0.1, -0.05) is 30.3 Å². The van der Waals surface area contributed by atoms with E-state index in [2.05, 4.69) is 15.8 Å². The number of anilines is 1. The fraction of sp³-hybridized carbons (Fsp3) is 0.107. The number of halogens is 1. The molecule has 4 rings (SSSR count). The van der Waals surface area contributed by atoms with Crippen LogP contribution >= 0.6 is 0 Å². The van der Waals surface area contributed by atoms with Crippen molar-refractivity contribution in [1.29, 1.82) is 0 Å². The van der Waals surface area contributed by atoms with E-state index in [0.717, 1.165) is 28.2 Å². The largest absolute Gasteiger partial charge is 0.489 e. The lowest BCUT2D eigenvalue weighted by molar-refractivity contribution is -0.136. The SMILES string of the molecule is Cc1cc(/C=N\NC(=O)C(=O)Nc2ccc(OCc3ccccc3)cc2)c(C)n1-c1ccc(F)cc1. The van der Waals surface area contributed by atoms with Gasteiger partial charge in [0.2, 0.25) is 0 Å². The molecule has 0 unspecified atom stereocenters. The van der Waals surface area contributed by atoms with E-state index in [1.165, 1.54) is 18.3 Å². The zero-order valence-corrected chi connectivity index (χ0v) is 19.9. The van der Waals surface area contributed by atoms with Crippen molar-refractivity contribution < 1.29 is 18.7 Å². The number of hydrogen-bond donors (Lipinski definition) is 2. The number of aryl methyl sites for hydroxylation is 1. The fourth-order valence-electron chi connectivity index (χ4n) is 3.68. The Labute approximate surface area is 208 Å². The molecule has 0 bridgehead atoms. The molecule has 182 valence electrons. The van der Waals surface area contributed by atoms with Crippen LogP contribution in [0.25, 0.3) is 5.69 Å². The minimum atomic E-state index is -0.900. The standard InChI is InChI=1S/C28H25FN4O3/c1-19-16-22(20(2)33(19)25-12-8-23(29)9-13-25)17-30-32-28(35)27(34)31-24-10-14-26(15-11-24)36-18-21-6-4-3-5-7-21/h3-17H,18H2,1-2H3,(H,31,34)(H,32,35)/b30-17-. The number of nitrogens with one attached hydrogen (secondary N) is 2. The van der Waals surface area contributed by atoms with E-state index < -0.39 is 11.8 Å². The minimum absolute atomic E-state index is 0.309. The summed E-state index contributed by atoms with van der Waals surface area (Å²) in [4.78, 5) is 24.4. The summed E-state index contributed by atoms with van der Waals surface area (Å²) in [5.74, 6) is -1.41. The van der Waals surface area contributed by atoms with E-state index in [0.29, 0.717) is 18.0 Å². The van der Waals surface area contributed by atoms with Gasteiger partial charge < -0.3 is 14.6 Å². The smallest absolute Gasteiger partial charge is 0.329 e. The monoisotopic (exact) mass is 484 g/mol. The van der Waals surface area contributed by atoms with Crippen LogP contribution < -0.4 is 15.5 Å². The highest BCUT2D eigenvalue weighted by atomic mass is 19.1. The first-order chi connectivity index (χ1) is 17.4. The number of carbonyl (C=O) groups is 2. The zero-order valence-electron chi connectivity index (χ0n) is 19.9. The van der Waals surface area contributed by atoms with Crippen LogP contribution in [-0.4, -0.2) is 22.6 Å². The molecule has 8 heteroatoms. The van der Waals surface area contributed by atoms with E-state index in [1.807, 2.05) is 54.8 Å². The van der Waals surface area contributed by atoms with Crippen molar-refractivity contribution in [3.8, 4) is 11.4 Å². The van der Waals surface area contributed by atoms with Crippen molar-refractivity contribution in [3.05, 3.63) is 113 Å². The van der Waals surface area contributed by atoms with Crippen LogP contribution in [0.1, 0.15) is 22.5 Å². The normalized spacial score (nSPS) is 10.9. The Hall–Kier alpha value is -4.72. The predicted octanol–water partition coefficient (Wildman–Crippen LogP) is 4.90. The van der Waals surface area contributed by atoms with E-state index in [-0.39, 0.29) is 5.82 Å². The first-order valence-corrected chi connectivity index (χ1v) is 11.3. The van der Waals surface area contributed by atoms with E-state index >= 15 is 0 Å². The number of aromatic nitrogens is 1. The van der Waals surface area contributed by atoms with Crippen LogP contribution in [0.3, 0.4) is 0 Å². The van der Waals surface area contributed by atoms with Crippen LogP contribution in [0.2, 0.25) is 0 Å². The molecule has 4 aromatic rings. The number of nitrogens with zero attached hydrogens (tertiary/aromatic N) is 2. The molecule has 0 aliphatic heterocycles. The maximum atomic E-state index is 13.3. The van der Waals surface area contributed by atoms with Crippen molar-refractivity contribution in [2.75, 3.05) is 5.32 Å². The van der Waals surface area contributed by atoms with Crippen LogP contribution in [0.15, 0.2) is 90.0 Å². The van der Waals surface area contributed by atoms with Crippen LogP contribution in [0, 0.1) is 19.7 Å². The van der Waals surface area contributed by atoms with Gasteiger partial charge in [0.05, 0.1) is 6.21 Å². The highest BCUT2D eigenvalue weighted by Crippen LogP contribution is 2.20. The molecule has 0 aliphatic rings. The van der Waals surface area contributed by atoms with E-state index in [1.54, 1.807) is 36.4 Å². The van der Waals surface area contributed by atoms with Crippen molar-refractivity contribution >= 4 is 23.7 Å². The molecule has 0 fully saturated rings. The second-order valence-electron chi connectivity index (χ2n) is 8.09. The van der Waals surface area contributed by atoms with Crippen LogP contribution in [0.5, 0.6) is 5.75 Å². The van der Waals surface area contributed by atoms with Gasteiger partial charge in [0.15, 0.2) is 0 Å². The molecular formula is C28H25FN4O3. The van der Waals surface area contributed by atoms with Crippen molar-refractivity contribution in [2.45, 2.75) is 20.5 Å². The number of rotatable bonds is 7. The summed E-state index contributed by atoms with van der Waals surface area (Å²) in [5, 5.41) is 6.44. The Balaban J connectivity index is 1.30. The summed E-state index contributed by atoms with van der Waals surface area (Å²) < 4.78 is 20.9. The molecule has 3 aromatic carbocycles. The van der Waals surface area contributed by atoms with Crippen molar-refractivity contribution in [2.24, 2.45) is 5.10 Å². The number of ether oxygens (including phenoxy) is 1. The lowest BCUT2D eigenvalue weighted by Gasteiger charge is -2.09. The molecule has 0 saturated carbocycles. The Bertz CT molecular complexity index is 1380. The number of benzene rings is 3. The van der Waals surface area contributed by atoms with Crippen LogP contribution in [0.4, 0.5) is 10.1 Å². The maximum absolute atomic E-state index is 13.3. The lowest BCUT2D eigenvalue weighted by atomic mass is 10.2. The highest BCUT2D eigenvalue weighted by molar-refractivity contribution is 6.39. The highest BCUT2D eigenvalue weighted by Gasteiger charge is 2.14. The minimum Gasteiger partial charge on any atom is -0.489 e. The molecule has 0 atom stereocenters. The van der Waals surface area contributed by atoms with Gasteiger partial charge in [-0.25, -0.2) is 9.82 Å². The average molecular weight is 485 g/mol. The predicted molar refractivity (Wildman–Crippen MR) is 137 cm³/mol. The average Bonchev–Trinajstić information content (AvgIpc) is 3.17. The van der Waals surface area contributed by atoms with Gasteiger partial charge in [-0.15, -0.1) is 0 Å². The zero-order chi connectivity index (χ0) is 25.5. The Morgan fingerprint density at radius 1 is 0.944 bits per heavy atom. The van der Waals surface area contributed by atoms with Crippen molar-refractivity contribution in [3.63, 3.8) is 0 Å². The molecule has 2 amide bonds. The third-order valence-corrected chi connectivity index (χ3v) is 5.49. The van der Waals surface area contributed by atoms with Gasteiger partial charge in [-0.2, -0.15) is 5.10 Å². The van der Waals surface area contributed by atoms with Crippen molar-refractivity contribution in [1.82, 2.24) is 9.99 Å². The maximum Gasteiger partial charge on any atom is 0.329 e. The molecule has 7 nitrogen and oxygen atoms in total. The van der Waals surface area contributed by atoms with Gasteiger partial charge in [-0.05, 0) is 74.0 Å². The molecule has 2 N–H and O–H groups in total. The summed E-state index contributed by atoms with van der Waals surface area (Å²) in [6.07, 6.45) is 1.46. The molecule has 0 spiro atoms. The molecule has 36 heavy (non-hydrogen) atoms. The summed E-state index contributed by atoms with van der Waals surface area (Å²) in [6.45, 7) is 4.23. The van der Waals surface area contributed by atoms with Gasteiger partial charge in [0.25, 0.3) is 0 Å². The fourth-order valence-corrected chi connectivity index (χ4v) is 3.68. The first kappa shape index (κ1) is 24.4. The molecule has 0 saturated heterocycles. The number of hydrogen-bond acceptors (Lipinski definition) is 4. The van der Waals surface area contributed by atoms with E-state index in [4.69, 9.17) is 4.74 Å². The molecule has 0 aliphatic carbocycles. The topological polar surface area (TPSA) is 84.7 Å². The second-order valence-corrected chi connectivity index (χ2v) is 8.09. The summed E-state index contributed by atoms with van der Waals surface area (Å²) in [7, 11) is 0. The third-order valence-electron chi connectivity index (χ3n) is 5.49. The van der Waals surface area contributed by atoms with Gasteiger partial charge in [0, 0.05) is 28.3 Å². The first-order valence-electron chi connectivity index (χ1n) is 11.3. The van der Waals surface area contributed by atoms with Gasteiger partial charge in [0.1, 0.15) is 18.2 Å². The Morgan fingerprint density at radius 2 is 1.64 bits per heavy atom. The van der Waals surface area contributed by atoms with Gasteiger partial charge >= 0.3 is 11.8 Å². The summed E-state index contributed by atoms with van der Waals surface area (Å²) >= 11 is 0. The Kier molecular flexibility index (Phi) is 7.55. The van der Waals surface area contributed by atoms with Gasteiger partial charge in [-0.3, -0.25) is 9.59 Å². The molecule has 1 heterocycles. The second kappa shape index (κ2) is 11.1. The molecule has 1 aromatic heterocycles. The quantitative estimate of drug-likeness (QED) is 0.222. The number of carbonyl (C=O) groups excluding carboxylic acids is 2. The Morgan fingerprint density at radius 3 is 2.33 bits per heavy atom. The van der Waals surface area contributed by atoms with E-state index in [9.17, 15) is 14.0 Å². The summed E-state index contributed by atoms with van der Waals surface area (Å²) in [6, 6.07) is 24.5. The molecular weight excluding hydrogens is 459 g/mol. The summed E-state index contributed by atoms with van der Waals surface area (Å²) in [5.41, 5.74) is 7.08. The van der Waals surface area contributed by atoms with Crippen LogP contribution in [-0.2, 0) is 16.2 Å². The number of hydrazone groups is 1. The molecule has 0 radical (unpaired) electrons. The number of amides is 2. The third kappa shape index (κ3) is 6.04. The lowest BCUT2D eigenvalue weighted by Crippen LogP contribution is -2.32.